The molecule has 0 unspecified atom stereocenters. The van der Waals surface area contributed by atoms with E-state index < -0.39 is 11.8 Å². The van der Waals surface area contributed by atoms with E-state index in [1.54, 1.807) is 38.3 Å². The highest BCUT2D eigenvalue weighted by Gasteiger charge is 2.29. The lowest BCUT2D eigenvalue weighted by atomic mass is 9.98. The van der Waals surface area contributed by atoms with Crippen molar-refractivity contribution in [3.63, 3.8) is 0 Å². The van der Waals surface area contributed by atoms with Crippen molar-refractivity contribution in [1.82, 2.24) is 4.90 Å². The van der Waals surface area contributed by atoms with E-state index in [0.717, 1.165) is 11.1 Å². The van der Waals surface area contributed by atoms with Crippen LogP contribution in [0.3, 0.4) is 0 Å². The first-order valence-electron chi connectivity index (χ1n) is 8.41. The van der Waals surface area contributed by atoms with Crippen LogP contribution in [-0.4, -0.2) is 44.5 Å². The van der Waals surface area contributed by atoms with Gasteiger partial charge < -0.3 is 19.3 Å². The minimum absolute atomic E-state index is 0.378. The van der Waals surface area contributed by atoms with E-state index in [-0.39, 0.29) is 0 Å². The number of anilines is 1. The second-order valence-electron chi connectivity index (χ2n) is 6.15. The van der Waals surface area contributed by atoms with E-state index in [9.17, 15) is 9.59 Å². The molecule has 1 heterocycles. The third-order valence-electron chi connectivity index (χ3n) is 4.64. The number of likely N-dealkylation sites (N-methyl/N-ethyl adjacent to an activating group) is 1. The minimum atomic E-state index is -0.542. The molecule has 26 heavy (non-hydrogen) atoms. The molecule has 0 fully saturated rings. The van der Waals surface area contributed by atoms with Crippen molar-refractivity contribution in [2.45, 2.75) is 13.0 Å². The van der Waals surface area contributed by atoms with Gasteiger partial charge in [0.1, 0.15) is 0 Å². The van der Waals surface area contributed by atoms with E-state index in [2.05, 4.69) is 0 Å². The van der Waals surface area contributed by atoms with Crippen LogP contribution >= 0.6 is 0 Å². The van der Waals surface area contributed by atoms with Gasteiger partial charge in [0.25, 0.3) is 0 Å². The van der Waals surface area contributed by atoms with Crippen LogP contribution < -0.4 is 14.4 Å². The molecule has 0 aromatic heterocycles. The third-order valence-corrected chi connectivity index (χ3v) is 4.64. The molecule has 0 atom stereocenters. The number of hydrogen-bond acceptors (Lipinski definition) is 4. The largest absolute Gasteiger partial charge is 0.493 e. The van der Waals surface area contributed by atoms with Crippen molar-refractivity contribution in [2.75, 3.05) is 32.7 Å². The Kier molecular flexibility index (Phi) is 5.11. The monoisotopic (exact) mass is 354 g/mol. The van der Waals surface area contributed by atoms with Crippen molar-refractivity contribution >= 4 is 17.5 Å². The summed E-state index contributed by atoms with van der Waals surface area (Å²) < 4.78 is 10.7. The summed E-state index contributed by atoms with van der Waals surface area (Å²) in [6, 6.07) is 12.9. The quantitative estimate of drug-likeness (QED) is 0.794. The molecule has 1 aliphatic heterocycles. The summed E-state index contributed by atoms with van der Waals surface area (Å²) in [7, 11) is 4.79. The number of methoxy groups -OCH3 is 2. The zero-order valence-corrected chi connectivity index (χ0v) is 15.2. The highest BCUT2D eigenvalue weighted by molar-refractivity contribution is 6.40. The first-order chi connectivity index (χ1) is 12.5. The van der Waals surface area contributed by atoms with Crippen LogP contribution in [-0.2, 0) is 22.6 Å². The van der Waals surface area contributed by atoms with Gasteiger partial charge in [-0.25, -0.2) is 0 Å². The molecule has 0 N–H and O–H groups in total. The van der Waals surface area contributed by atoms with Gasteiger partial charge in [-0.1, -0.05) is 18.2 Å². The Labute approximate surface area is 152 Å². The topological polar surface area (TPSA) is 59.1 Å². The Morgan fingerprint density at radius 3 is 2.23 bits per heavy atom. The molecule has 6 heteroatoms. The maximum atomic E-state index is 12.7. The summed E-state index contributed by atoms with van der Waals surface area (Å²) >= 11 is 0. The van der Waals surface area contributed by atoms with Crippen molar-refractivity contribution in [1.29, 1.82) is 0 Å². The number of ether oxygens (including phenoxy) is 2. The second-order valence-corrected chi connectivity index (χ2v) is 6.15. The molecule has 0 spiro atoms. The second kappa shape index (κ2) is 7.47. The van der Waals surface area contributed by atoms with Gasteiger partial charge in [0.2, 0.25) is 0 Å². The van der Waals surface area contributed by atoms with Crippen molar-refractivity contribution < 1.29 is 19.1 Å². The minimum Gasteiger partial charge on any atom is -0.493 e. The van der Waals surface area contributed by atoms with Crippen LogP contribution in [0.25, 0.3) is 0 Å². The zero-order valence-electron chi connectivity index (χ0n) is 15.2. The lowest BCUT2D eigenvalue weighted by Gasteiger charge is -2.30. The van der Waals surface area contributed by atoms with E-state index in [0.29, 0.717) is 36.7 Å². The van der Waals surface area contributed by atoms with Gasteiger partial charge in [0, 0.05) is 25.8 Å². The predicted molar refractivity (Wildman–Crippen MR) is 98.5 cm³/mol. The molecule has 0 aliphatic carbocycles. The standard InChI is InChI=1S/C20H22N2O4/c1-21(16-7-5-4-6-8-16)19(23)20(24)22-10-9-14-11-17(25-2)18(26-3)12-15(14)13-22/h4-8,11-12H,9-10,13H2,1-3H3. The summed E-state index contributed by atoms with van der Waals surface area (Å²) in [5.41, 5.74) is 2.77. The Hall–Kier alpha value is -3.02. The molecule has 2 aromatic rings. The molecule has 3 rings (SSSR count). The summed E-state index contributed by atoms with van der Waals surface area (Å²) in [6.45, 7) is 0.874. The molecular weight excluding hydrogens is 332 g/mol. The molecule has 0 bridgehead atoms. The molecule has 136 valence electrons. The molecule has 0 radical (unpaired) electrons. The number of rotatable bonds is 3. The van der Waals surface area contributed by atoms with Crippen LogP contribution in [0.1, 0.15) is 11.1 Å². The number of amides is 2. The fourth-order valence-corrected chi connectivity index (χ4v) is 3.10. The maximum absolute atomic E-state index is 12.7. The first kappa shape index (κ1) is 17.8. The van der Waals surface area contributed by atoms with Gasteiger partial charge in [0.05, 0.1) is 14.2 Å². The molecule has 6 nitrogen and oxygen atoms in total. The predicted octanol–water partition coefficient (Wildman–Crippen LogP) is 2.25. The van der Waals surface area contributed by atoms with Crippen LogP contribution in [0.4, 0.5) is 5.69 Å². The number of benzene rings is 2. The Morgan fingerprint density at radius 2 is 1.62 bits per heavy atom. The molecule has 2 aromatic carbocycles. The van der Waals surface area contributed by atoms with Gasteiger partial charge in [-0.2, -0.15) is 0 Å². The van der Waals surface area contributed by atoms with Gasteiger partial charge in [0.15, 0.2) is 11.5 Å². The summed E-state index contributed by atoms with van der Waals surface area (Å²) in [6.07, 6.45) is 0.670. The molecule has 0 saturated carbocycles. The number of carbonyl (C=O) groups excluding carboxylic acids is 2. The van der Waals surface area contributed by atoms with E-state index >= 15 is 0 Å². The Bertz CT molecular complexity index is 820. The molecular formula is C20H22N2O4. The highest BCUT2D eigenvalue weighted by Crippen LogP contribution is 2.33. The lowest BCUT2D eigenvalue weighted by molar-refractivity contribution is -0.144. The Balaban J connectivity index is 1.77. The molecule has 1 aliphatic rings. The fourth-order valence-electron chi connectivity index (χ4n) is 3.10. The van der Waals surface area contributed by atoms with E-state index in [1.165, 1.54) is 4.90 Å². The number of fused-ring (bicyclic) bond motifs is 1. The van der Waals surface area contributed by atoms with Gasteiger partial charge in [-0.05, 0) is 41.8 Å². The number of hydrogen-bond donors (Lipinski definition) is 0. The maximum Gasteiger partial charge on any atom is 0.316 e. The van der Waals surface area contributed by atoms with Crippen molar-refractivity contribution in [2.24, 2.45) is 0 Å². The van der Waals surface area contributed by atoms with Crippen molar-refractivity contribution in [3.8, 4) is 11.5 Å². The summed E-state index contributed by atoms with van der Waals surface area (Å²) in [5, 5.41) is 0. The smallest absolute Gasteiger partial charge is 0.316 e. The zero-order chi connectivity index (χ0) is 18.7. The Morgan fingerprint density at radius 1 is 1.00 bits per heavy atom. The van der Waals surface area contributed by atoms with E-state index in [4.69, 9.17) is 9.47 Å². The van der Waals surface area contributed by atoms with Crippen LogP contribution in [0.15, 0.2) is 42.5 Å². The van der Waals surface area contributed by atoms with E-state index in [1.807, 2.05) is 30.3 Å². The third kappa shape index (κ3) is 3.35. The van der Waals surface area contributed by atoms with Crippen LogP contribution in [0, 0.1) is 0 Å². The lowest BCUT2D eigenvalue weighted by Crippen LogP contribution is -2.45. The van der Waals surface area contributed by atoms with Crippen LogP contribution in [0.2, 0.25) is 0 Å². The first-order valence-corrected chi connectivity index (χ1v) is 8.41. The summed E-state index contributed by atoms with van der Waals surface area (Å²) in [5.74, 6) is 0.246. The van der Waals surface area contributed by atoms with Crippen LogP contribution in [0.5, 0.6) is 11.5 Å². The fraction of sp³-hybridized carbons (Fsp3) is 0.300. The van der Waals surface area contributed by atoms with Gasteiger partial charge >= 0.3 is 11.8 Å². The molecule has 2 amide bonds. The SMILES string of the molecule is COc1cc2c(cc1OC)CN(C(=O)C(=O)N(C)c1ccccc1)CC2. The van der Waals surface area contributed by atoms with Gasteiger partial charge in [-0.15, -0.1) is 0 Å². The average Bonchev–Trinajstić information content (AvgIpc) is 2.71. The number of para-hydroxylation sites is 1. The number of carbonyl (C=O) groups is 2. The highest BCUT2D eigenvalue weighted by atomic mass is 16.5. The van der Waals surface area contributed by atoms with Gasteiger partial charge in [-0.3, -0.25) is 9.59 Å². The average molecular weight is 354 g/mol. The van der Waals surface area contributed by atoms with Crippen molar-refractivity contribution in [3.05, 3.63) is 53.6 Å². The normalized spacial score (nSPS) is 13.0. The summed E-state index contributed by atoms with van der Waals surface area (Å²) in [4.78, 5) is 28.2. The molecule has 0 saturated heterocycles. The number of nitrogens with zero attached hydrogens (tertiary/aromatic N) is 2.